The lowest BCUT2D eigenvalue weighted by Crippen LogP contribution is -2.25. The minimum absolute atomic E-state index is 0.211. The minimum Gasteiger partial charge on any atom is -0.496 e. The van der Waals surface area contributed by atoms with E-state index < -0.39 is 17.7 Å². The summed E-state index contributed by atoms with van der Waals surface area (Å²) < 4.78 is 33.0. The Kier molecular flexibility index (Phi) is 4.77. The smallest absolute Gasteiger partial charge is 0.142 e. The molecule has 104 valence electrons. The van der Waals surface area contributed by atoms with E-state index in [1.165, 1.54) is 0 Å². The molecule has 0 saturated heterocycles. The van der Waals surface area contributed by atoms with Gasteiger partial charge >= 0.3 is 0 Å². The van der Waals surface area contributed by atoms with Crippen LogP contribution in [0.25, 0.3) is 0 Å². The summed E-state index contributed by atoms with van der Waals surface area (Å²) in [4.78, 5) is 0. The van der Waals surface area contributed by atoms with Gasteiger partial charge < -0.3 is 10.1 Å². The Morgan fingerprint density at radius 1 is 1.37 bits per heavy atom. The third-order valence-electron chi connectivity index (χ3n) is 2.97. The molecule has 1 atom stereocenters. The second-order valence-electron chi connectivity index (χ2n) is 4.42. The van der Waals surface area contributed by atoms with Crippen molar-refractivity contribution in [3.63, 3.8) is 0 Å². The van der Waals surface area contributed by atoms with Crippen molar-refractivity contribution in [1.29, 1.82) is 0 Å². The Labute approximate surface area is 116 Å². The Morgan fingerprint density at radius 2 is 2.16 bits per heavy atom. The van der Waals surface area contributed by atoms with E-state index in [0.29, 0.717) is 18.9 Å². The van der Waals surface area contributed by atoms with E-state index in [1.54, 1.807) is 0 Å². The lowest BCUT2D eigenvalue weighted by molar-refractivity contribution is 0.214. The molecule has 1 heterocycles. The fraction of sp³-hybridized carbons (Fsp3) is 0.429. The van der Waals surface area contributed by atoms with E-state index in [9.17, 15) is 8.78 Å². The molecule has 1 aliphatic rings. The maximum atomic E-state index is 14.0. The third kappa shape index (κ3) is 3.25. The van der Waals surface area contributed by atoms with Crippen molar-refractivity contribution in [2.24, 2.45) is 0 Å². The topological polar surface area (TPSA) is 21.3 Å². The molecule has 2 rings (SSSR count). The maximum Gasteiger partial charge on any atom is 0.142 e. The molecule has 1 aromatic carbocycles. The fourth-order valence-corrected chi connectivity index (χ4v) is 2.20. The lowest BCUT2D eigenvalue weighted by Gasteiger charge is -2.21. The van der Waals surface area contributed by atoms with Gasteiger partial charge in [-0.1, -0.05) is 18.5 Å². The SMILES string of the molecule is CCCNC(C1=CCCO1)c1cc(F)c(Cl)cc1F. The van der Waals surface area contributed by atoms with Crippen LogP contribution >= 0.6 is 11.6 Å². The number of benzene rings is 1. The van der Waals surface area contributed by atoms with Gasteiger partial charge in [-0.25, -0.2) is 8.78 Å². The lowest BCUT2D eigenvalue weighted by atomic mass is 10.0. The monoisotopic (exact) mass is 287 g/mol. The van der Waals surface area contributed by atoms with Crippen LogP contribution in [0.4, 0.5) is 8.78 Å². The van der Waals surface area contributed by atoms with Crippen molar-refractivity contribution < 1.29 is 13.5 Å². The van der Waals surface area contributed by atoms with Gasteiger partial charge in [0.2, 0.25) is 0 Å². The number of halogens is 3. The van der Waals surface area contributed by atoms with Gasteiger partial charge in [0.05, 0.1) is 17.7 Å². The van der Waals surface area contributed by atoms with Crippen LogP contribution in [0.1, 0.15) is 31.4 Å². The number of nitrogens with one attached hydrogen (secondary N) is 1. The highest BCUT2D eigenvalue weighted by molar-refractivity contribution is 6.30. The van der Waals surface area contributed by atoms with E-state index in [0.717, 1.165) is 25.0 Å². The molecule has 1 N–H and O–H groups in total. The second-order valence-corrected chi connectivity index (χ2v) is 4.83. The van der Waals surface area contributed by atoms with Crippen LogP contribution in [0, 0.1) is 11.6 Å². The van der Waals surface area contributed by atoms with Crippen molar-refractivity contribution >= 4 is 11.6 Å². The number of rotatable bonds is 5. The van der Waals surface area contributed by atoms with Crippen molar-refractivity contribution in [2.45, 2.75) is 25.8 Å². The van der Waals surface area contributed by atoms with Gasteiger partial charge in [0.1, 0.15) is 17.4 Å². The molecule has 0 spiro atoms. The average Bonchev–Trinajstić information content (AvgIpc) is 2.89. The molecule has 1 aliphatic heterocycles. The summed E-state index contributed by atoms with van der Waals surface area (Å²) in [5.74, 6) is -0.509. The summed E-state index contributed by atoms with van der Waals surface area (Å²) in [6.07, 6.45) is 3.58. The van der Waals surface area contributed by atoms with Crippen LogP contribution in [0.2, 0.25) is 5.02 Å². The van der Waals surface area contributed by atoms with Crippen molar-refractivity contribution in [3.8, 4) is 0 Å². The molecule has 0 aromatic heterocycles. The van der Waals surface area contributed by atoms with E-state index in [2.05, 4.69) is 5.32 Å². The summed E-state index contributed by atoms with van der Waals surface area (Å²) in [6, 6.07) is 1.67. The van der Waals surface area contributed by atoms with Crippen molar-refractivity contribution in [3.05, 3.63) is 46.2 Å². The van der Waals surface area contributed by atoms with Gasteiger partial charge in [0.15, 0.2) is 0 Å². The van der Waals surface area contributed by atoms with E-state index in [-0.39, 0.29) is 10.6 Å². The van der Waals surface area contributed by atoms with Crippen LogP contribution in [0.3, 0.4) is 0 Å². The van der Waals surface area contributed by atoms with Crippen LogP contribution in [-0.4, -0.2) is 13.2 Å². The standard InChI is InChI=1S/C14H16ClF2NO/c1-2-5-18-14(13-4-3-6-19-13)9-7-12(17)10(15)8-11(9)16/h4,7-8,14,18H,2-3,5-6H2,1H3. The van der Waals surface area contributed by atoms with Gasteiger partial charge in [-0.15, -0.1) is 0 Å². The van der Waals surface area contributed by atoms with Gasteiger partial charge in [-0.2, -0.15) is 0 Å². The van der Waals surface area contributed by atoms with E-state index in [1.807, 2.05) is 13.0 Å². The molecule has 1 unspecified atom stereocenters. The first kappa shape index (κ1) is 14.3. The summed E-state index contributed by atoms with van der Waals surface area (Å²) in [5.41, 5.74) is 0.225. The van der Waals surface area contributed by atoms with E-state index in [4.69, 9.17) is 16.3 Å². The van der Waals surface area contributed by atoms with Gasteiger partial charge in [-0.05, 0) is 31.2 Å². The van der Waals surface area contributed by atoms with Crippen LogP contribution in [0.5, 0.6) is 0 Å². The Bertz CT molecular complexity index is 491. The fourth-order valence-electron chi connectivity index (χ4n) is 2.05. The van der Waals surface area contributed by atoms with E-state index >= 15 is 0 Å². The summed E-state index contributed by atoms with van der Waals surface area (Å²) in [6.45, 7) is 3.28. The summed E-state index contributed by atoms with van der Waals surface area (Å²) in [5, 5.41) is 2.96. The molecular weight excluding hydrogens is 272 g/mol. The average molecular weight is 288 g/mol. The highest BCUT2D eigenvalue weighted by Crippen LogP contribution is 2.30. The molecule has 0 bridgehead atoms. The molecule has 1 aromatic rings. The van der Waals surface area contributed by atoms with Crippen molar-refractivity contribution in [2.75, 3.05) is 13.2 Å². The zero-order valence-corrected chi connectivity index (χ0v) is 11.4. The third-order valence-corrected chi connectivity index (χ3v) is 3.26. The number of hydrogen-bond acceptors (Lipinski definition) is 2. The summed E-state index contributed by atoms with van der Waals surface area (Å²) >= 11 is 5.57. The Balaban J connectivity index is 2.34. The normalized spacial score (nSPS) is 16.1. The van der Waals surface area contributed by atoms with Crippen molar-refractivity contribution in [1.82, 2.24) is 5.32 Å². The first-order valence-electron chi connectivity index (χ1n) is 6.34. The highest BCUT2D eigenvalue weighted by Gasteiger charge is 2.24. The quantitative estimate of drug-likeness (QED) is 0.828. The number of hydrogen-bond donors (Lipinski definition) is 1. The minimum atomic E-state index is -0.625. The first-order chi connectivity index (χ1) is 9.13. The molecule has 0 radical (unpaired) electrons. The molecule has 0 saturated carbocycles. The maximum absolute atomic E-state index is 14.0. The largest absolute Gasteiger partial charge is 0.496 e. The molecule has 19 heavy (non-hydrogen) atoms. The Morgan fingerprint density at radius 3 is 2.79 bits per heavy atom. The van der Waals surface area contributed by atoms with Crippen LogP contribution < -0.4 is 5.32 Å². The van der Waals surface area contributed by atoms with Crippen LogP contribution in [0.15, 0.2) is 24.0 Å². The molecule has 0 amide bonds. The highest BCUT2D eigenvalue weighted by atomic mass is 35.5. The molecule has 0 aliphatic carbocycles. The summed E-state index contributed by atoms with van der Waals surface area (Å²) in [7, 11) is 0. The van der Waals surface area contributed by atoms with Gasteiger partial charge in [0.25, 0.3) is 0 Å². The first-order valence-corrected chi connectivity index (χ1v) is 6.72. The predicted octanol–water partition coefficient (Wildman–Crippen LogP) is 3.96. The molecule has 5 heteroatoms. The zero-order chi connectivity index (χ0) is 13.8. The predicted molar refractivity (Wildman–Crippen MR) is 71.1 cm³/mol. The van der Waals surface area contributed by atoms with Gasteiger partial charge in [-0.3, -0.25) is 0 Å². The Hall–Kier alpha value is -1.13. The second kappa shape index (κ2) is 6.35. The van der Waals surface area contributed by atoms with Gasteiger partial charge in [0, 0.05) is 12.0 Å². The molecular formula is C14H16ClF2NO. The van der Waals surface area contributed by atoms with Crippen LogP contribution in [-0.2, 0) is 4.74 Å². The number of ether oxygens (including phenoxy) is 1. The molecule has 2 nitrogen and oxygen atoms in total. The molecule has 0 fully saturated rings. The zero-order valence-electron chi connectivity index (χ0n) is 10.7.